The zero-order valence-corrected chi connectivity index (χ0v) is 14.5. The molecule has 6 nitrogen and oxygen atoms in total. The summed E-state index contributed by atoms with van der Waals surface area (Å²) in [4.78, 5) is 23.0. The van der Waals surface area contributed by atoms with Gasteiger partial charge in [-0.15, -0.1) is 0 Å². The van der Waals surface area contributed by atoms with Gasteiger partial charge in [-0.05, 0) is 22.3 Å². The Morgan fingerprint density at radius 2 is 1.65 bits per heavy atom. The summed E-state index contributed by atoms with van der Waals surface area (Å²) in [6.45, 7) is 0.124. The van der Waals surface area contributed by atoms with Crippen LogP contribution in [0.15, 0.2) is 48.5 Å². The maximum atomic E-state index is 11.9. The van der Waals surface area contributed by atoms with Gasteiger partial charge in [0.05, 0.1) is 19.6 Å². The number of carbonyl (C=O) groups excluding carboxylic acids is 2. The lowest BCUT2D eigenvalue weighted by Crippen LogP contribution is -2.34. The molecule has 1 amide bonds. The quantitative estimate of drug-likeness (QED) is 0.778. The van der Waals surface area contributed by atoms with E-state index in [2.05, 4.69) is 22.2 Å². The van der Waals surface area contributed by atoms with Gasteiger partial charge in [0.25, 0.3) is 0 Å². The maximum Gasteiger partial charge on any atom is 0.407 e. The number of nitrogens with one attached hydrogen (secondary N) is 1. The highest BCUT2D eigenvalue weighted by molar-refractivity contribution is 5.79. The number of benzene rings is 2. The van der Waals surface area contributed by atoms with Crippen LogP contribution < -0.4 is 5.32 Å². The molecular weight excluding hydrogens is 334 g/mol. The van der Waals surface area contributed by atoms with E-state index in [-0.39, 0.29) is 25.5 Å². The molecule has 1 aliphatic rings. The molecule has 3 rings (SSSR count). The Balaban J connectivity index is 1.58. The third-order valence-corrected chi connectivity index (χ3v) is 4.46. The van der Waals surface area contributed by atoms with Crippen LogP contribution in [-0.2, 0) is 14.3 Å². The lowest BCUT2D eigenvalue weighted by molar-refractivity contribution is -0.142. The topological polar surface area (TPSA) is 84.9 Å². The number of aliphatic hydroxyl groups is 1. The largest absolute Gasteiger partial charge is 0.469 e. The van der Waals surface area contributed by atoms with Crippen LogP contribution in [0.25, 0.3) is 11.1 Å². The van der Waals surface area contributed by atoms with Gasteiger partial charge in [0.2, 0.25) is 0 Å². The predicted octanol–water partition coefficient (Wildman–Crippen LogP) is 2.45. The minimum absolute atomic E-state index is 0.0202. The average Bonchev–Trinajstić information content (AvgIpc) is 2.98. The monoisotopic (exact) mass is 355 g/mol. The molecule has 26 heavy (non-hydrogen) atoms. The Kier molecular flexibility index (Phi) is 5.53. The minimum atomic E-state index is -1.01. The van der Waals surface area contributed by atoms with Gasteiger partial charge in [-0.1, -0.05) is 48.5 Å². The van der Waals surface area contributed by atoms with Crippen molar-refractivity contribution < 1.29 is 24.2 Å². The first-order valence-corrected chi connectivity index (χ1v) is 8.44. The Hall–Kier alpha value is -2.86. The van der Waals surface area contributed by atoms with Crippen molar-refractivity contribution in [3.63, 3.8) is 0 Å². The van der Waals surface area contributed by atoms with Crippen molar-refractivity contribution in [2.24, 2.45) is 0 Å². The molecule has 0 saturated heterocycles. The van der Waals surface area contributed by atoms with Crippen LogP contribution in [0.1, 0.15) is 23.5 Å². The predicted molar refractivity (Wildman–Crippen MR) is 95.7 cm³/mol. The Morgan fingerprint density at radius 1 is 1.08 bits per heavy atom. The van der Waals surface area contributed by atoms with Gasteiger partial charge >= 0.3 is 12.1 Å². The first kappa shape index (κ1) is 17.9. The van der Waals surface area contributed by atoms with Crippen LogP contribution in [0.2, 0.25) is 0 Å². The molecule has 0 heterocycles. The molecule has 0 unspecified atom stereocenters. The van der Waals surface area contributed by atoms with Gasteiger partial charge in [-0.25, -0.2) is 4.79 Å². The lowest BCUT2D eigenvalue weighted by atomic mass is 9.98. The first-order valence-electron chi connectivity index (χ1n) is 8.44. The van der Waals surface area contributed by atoms with Gasteiger partial charge in [-0.3, -0.25) is 4.79 Å². The number of ether oxygens (including phenoxy) is 2. The summed E-state index contributed by atoms with van der Waals surface area (Å²) >= 11 is 0. The van der Waals surface area contributed by atoms with E-state index in [1.807, 2.05) is 36.4 Å². The molecule has 0 fully saturated rings. The summed E-state index contributed by atoms with van der Waals surface area (Å²) in [6, 6.07) is 16.2. The molecule has 2 aromatic carbocycles. The average molecular weight is 355 g/mol. The van der Waals surface area contributed by atoms with Crippen molar-refractivity contribution in [3.8, 4) is 11.1 Å². The molecule has 0 spiro atoms. The molecule has 0 bridgehead atoms. The first-order chi connectivity index (χ1) is 12.6. The molecule has 136 valence electrons. The van der Waals surface area contributed by atoms with E-state index in [1.54, 1.807) is 0 Å². The highest BCUT2D eigenvalue weighted by Crippen LogP contribution is 2.44. The molecule has 0 saturated carbocycles. The summed E-state index contributed by atoms with van der Waals surface area (Å²) in [7, 11) is 1.24. The van der Waals surface area contributed by atoms with E-state index in [4.69, 9.17) is 4.74 Å². The second-order valence-electron chi connectivity index (χ2n) is 6.14. The van der Waals surface area contributed by atoms with Crippen LogP contribution in [0.4, 0.5) is 4.79 Å². The fourth-order valence-corrected chi connectivity index (χ4v) is 3.20. The van der Waals surface area contributed by atoms with E-state index in [0.717, 1.165) is 22.3 Å². The smallest absolute Gasteiger partial charge is 0.407 e. The SMILES string of the molecule is COC(=O)C[C@@H](O)CNC(=O)OCC1c2ccccc2-c2ccccc21. The molecule has 0 radical (unpaired) electrons. The van der Waals surface area contributed by atoms with Gasteiger partial charge < -0.3 is 19.9 Å². The highest BCUT2D eigenvalue weighted by Gasteiger charge is 2.29. The van der Waals surface area contributed by atoms with Crippen LogP contribution >= 0.6 is 0 Å². The van der Waals surface area contributed by atoms with Crippen LogP contribution in [0.5, 0.6) is 0 Å². The molecule has 1 atom stereocenters. The molecular formula is C20H21NO5. The van der Waals surface area contributed by atoms with Gasteiger partial charge in [0, 0.05) is 12.5 Å². The molecule has 2 aromatic rings. The standard InChI is InChI=1S/C20H21NO5/c1-25-19(23)10-13(22)11-21-20(24)26-12-18-16-8-4-2-6-14(16)15-7-3-5-9-17(15)18/h2-9,13,18,22H,10-12H2,1H3,(H,21,24)/t13-/m1/s1. The number of carbonyl (C=O) groups is 2. The number of fused-ring (bicyclic) bond motifs is 3. The molecule has 0 aromatic heterocycles. The number of hydrogen-bond acceptors (Lipinski definition) is 5. The summed E-state index contributed by atoms with van der Waals surface area (Å²) in [5.74, 6) is -0.556. The van der Waals surface area contributed by atoms with Crippen molar-refractivity contribution in [2.45, 2.75) is 18.4 Å². The maximum absolute atomic E-state index is 11.9. The van der Waals surface area contributed by atoms with Crippen molar-refractivity contribution >= 4 is 12.1 Å². The zero-order valence-electron chi connectivity index (χ0n) is 14.5. The summed E-state index contributed by atoms with van der Waals surface area (Å²) in [5, 5.41) is 12.1. The fourth-order valence-electron chi connectivity index (χ4n) is 3.20. The van der Waals surface area contributed by atoms with Crippen LogP contribution in [-0.4, -0.2) is 43.5 Å². The van der Waals surface area contributed by atoms with Gasteiger partial charge in [0.15, 0.2) is 0 Å². The number of alkyl carbamates (subject to hydrolysis) is 1. The van der Waals surface area contributed by atoms with E-state index in [0.29, 0.717) is 0 Å². The second-order valence-corrected chi connectivity index (χ2v) is 6.14. The van der Waals surface area contributed by atoms with Crippen molar-refractivity contribution in [1.29, 1.82) is 0 Å². The van der Waals surface area contributed by atoms with E-state index in [9.17, 15) is 14.7 Å². The van der Waals surface area contributed by atoms with Crippen molar-refractivity contribution in [2.75, 3.05) is 20.3 Å². The molecule has 0 aliphatic heterocycles. The Morgan fingerprint density at radius 3 is 2.23 bits per heavy atom. The summed E-state index contributed by atoms with van der Waals surface area (Å²) in [6.07, 6.45) is -1.82. The number of amides is 1. The molecule has 1 aliphatic carbocycles. The van der Waals surface area contributed by atoms with Crippen molar-refractivity contribution in [1.82, 2.24) is 5.32 Å². The number of esters is 1. The Labute approximate surface area is 151 Å². The number of hydrogen-bond donors (Lipinski definition) is 2. The fraction of sp³-hybridized carbons (Fsp3) is 0.300. The van der Waals surface area contributed by atoms with Gasteiger partial charge in [0.1, 0.15) is 6.61 Å². The van der Waals surface area contributed by atoms with Crippen molar-refractivity contribution in [3.05, 3.63) is 59.7 Å². The normalized spacial score (nSPS) is 13.5. The number of rotatable bonds is 6. The molecule has 6 heteroatoms. The van der Waals surface area contributed by atoms with Crippen LogP contribution in [0.3, 0.4) is 0 Å². The molecule has 2 N–H and O–H groups in total. The second kappa shape index (κ2) is 8.01. The van der Waals surface area contributed by atoms with E-state index in [1.165, 1.54) is 7.11 Å². The highest BCUT2D eigenvalue weighted by atomic mass is 16.5. The van der Waals surface area contributed by atoms with Gasteiger partial charge in [-0.2, -0.15) is 0 Å². The van der Waals surface area contributed by atoms with E-state index < -0.39 is 18.2 Å². The third kappa shape index (κ3) is 3.86. The lowest BCUT2D eigenvalue weighted by Gasteiger charge is -2.15. The Bertz CT molecular complexity index is 759. The zero-order chi connectivity index (χ0) is 18.5. The summed E-state index contributed by atoms with van der Waals surface area (Å²) in [5.41, 5.74) is 4.58. The van der Waals surface area contributed by atoms with Crippen LogP contribution in [0, 0.1) is 0 Å². The third-order valence-electron chi connectivity index (χ3n) is 4.46. The minimum Gasteiger partial charge on any atom is -0.469 e. The number of methoxy groups -OCH3 is 1. The van der Waals surface area contributed by atoms with E-state index >= 15 is 0 Å². The summed E-state index contributed by atoms with van der Waals surface area (Å²) < 4.78 is 9.81. The number of aliphatic hydroxyl groups excluding tert-OH is 1.